The van der Waals surface area contributed by atoms with Crippen molar-refractivity contribution in [3.8, 4) is 0 Å². The molecule has 1 rings (SSSR count). The van der Waals surface area contributed by atoms with Gasteiger partial charge in [0.2, 0.25) is 15.9 Å². The summed E-state index contributed by atoms with van der Waals surface area (Å²) in [6.45, 7) is 9.31. The van der Waals surface area contributed by atoms with Gasteiger partial charge in [0.25, 0.3) is 0 Å². The molecule has 1 atom stereocenters. The Morgan fingerprint density at radius 1 is 1.19 bits per heavy atom. The Morgan fingerprint density at radius 3 is 2.14 bits per heavy atom. The van der Waals surface area contributed by atoms with Gasteiger partial charge in [-0.05, 0) is 23.0 Å². The Kier molecular flexibility index (Phi) is 5.17. The summed E-state index contributed by atoms with van der Waals surface area (Å²) in [5.41, 5.74) is 5.65. The molecule has 1 aromatic rings. The minimum atomic E-state index is -3.81. The number of carbonyl (C=O) groups excluding carboxylic acids is 1. The van der Waals surface area contributed by atoms with Crippen molar-refractivity contribution in [1.29, 1.82) is 0 Å². The first-order valence-electron chi connectivity index (χ1n) is 6.88. The van der Waals surface area contributed by atoms with Crippen molar-refractivity contribution in [3.05, 3.63) is 29.8 Å². The number of sulfonamides is 1. The summed E-state index contributed by atoms with van der Waals surface area (Å²) in [7, 11) is -3.81. The number of nitrogens with one attached hydrogen (secondary N) is 1. The summed E-state index contributed by atoms with van der Waals surface area (Å²) in [6.07, 6.45) is 0. The highest BCUT2D eigenvalue weighted by Crippen LogP contribution is 2.28. The van der Waals surface area contributed by atoms with Gasteiger partial charge in [0, 0.05) is 0 Å². The number of benzene rings is 1. The molecule has 6 heteroatoms. The molecule has 1 amide bonds. The molecule has 0 saturated heterocycles. The Hall–Kier alpha value is -1.40. The lowest BCUT2D eigenvalue weighted by Crippen LogP contribution is -2.47. The Labute approximate surface area is 127 Å². The number of nitrogens with two attached hydrogens (primary N) is 1. The third-order valence-corrected chi connectivity index (χ3v) is 4.74. The molecule has 21 heavy (non-hydrogen) atoms. The maximum atomic E-state index is 12.6. The van der Waals surface area contributed by atoms with Gasteiger partial charge in [-0.1, -0.05) is 52.8 Å². The molecule has 0 fully saturated rings. The van der Waals surface area contributed by atoms with Gasteiger partial charge in [0.1, 0.15) is 6.04 Å². The predicted molar refractivity (Wildman–Crippen MR) is 83.3 cm³/mol. The van der Waals surface area contributed by atoms with E-state index in [0.29, 0.717) is 5.56 Å². The standard InChI is InChI=1S/C15H24N2O3S/c1-10(2)13(14(16)18)17-21(19,20)12-9-7-6-8-11(12)15(3,4)5/h6-10,13,17H,1-5H3,(H2,16,18)/t13-/m1/s1. The van der Waals surface area contributed by atoms with Crippen LogP contribution in [0.3, 0.4) is 0 Å². The molecule has 0 heterocycles. The third-order valence-electron chi connectivity index (χ3n) is 3.24. The van der Waals surface area contributed by atoms with Crippen LogP contribution < -0.4 is 10.5 Å². The van der Waals surface area contributed by atoms with Crippen LogP contribution in [0.2, 0.25) is 0 Å². The van der Waals surface area contributed by atoms with Crippen molar-refractivity contribution < 1.29 is 13.2 Å². The lowest BCUT2D eigenvalue weighted by molar-refractivity contribution is -0.120. The smallest absolute Gasteiger partial charge is 0.241 e. The van der Waals surface area contributed by atoms with Gasteiger partial charge in [-0.15, -0.1) is 0 Å². The minimum absolute atomic E-state index is 0.185. The number of hydrogen-bond acceptors (Lipinski definition) is 3. The molecular weight excluding hydrogens is 288 g/mol. The van der Waals surface area contributed by atoms with Crippen molar-refractivity contribution in [2.75, 3.05) is 0 Å². The van der Waals surface area contributed by atoms with Crippen molar-refractivity contribution in [2.24, 2.45) is 11.7 Å². The van der Waals surface area contributed by atoms with Crippen LogP contribution in [0.4, 0.5) is 0 Å². The van der Waals surface area contributed by atoms with E-state index in [1.54, 1.807) is 38.1 Å². The molecule has 1 aromatic carbocycles. The molecule has 0 saturated carbocycles. The number of primary amides is 1. The van der Waals surface area contributed by atoms with Gasteiger partial charge in [0.05, 0.1) is 4.90 Å². The van der Waals surface area contributed by atoms with E-state index in [-0.39, 0.29) is 16.2 Å². The van der Waals surface area contributed by atoms with Gasteiger partial charge in [-0.2, -0.15) is 4.72 Å². The van der Waals surface area contributed by atoms with Crippen LogP contribution >= 0.6 is 0 Å². The van der Waals surface area contributed by atoms with Gasteiger partial charge in [-0.3, -0.25) is 4.79 Å². The van der Waals surface area contributed by atoms with Gasteiger partial charge in [-0.25, -0.2) is 8.42 Å². The average Bonchev–Trinajstić information content (AvgIpc) is 2.34. The van der Waals surface area contributed by atoms with Gasteiger partial charge >= 0.3 is 0 Å². The van der Waals surface area contributed by atoms with Crippen molar-refractivity contribution in [2.45, 2.75) is 51.0 Å². The molecule has 0 aliphatic rings. The zero-order valence-corrected chi connectivity index (χ0v) is 14.0. The SMILES string of the molecule is CC(C)[C@@H](NS(=O)(=O)c1ccccc1C(C)(C)C)C(N)=O. The Bertz CT molecular complexity index is 616. The topological polar surface area (TPSA) is 89.3 Å². The molecule has 0 spiro atoms. The second-order valence-corrected chi connectivity index (χ2v) is 8.17. The van der Waals surface area contributed by atoms with E-state index in [1.165, 1.54) is 0 Å². The second-order valence-electron chi connectivity index (χ2n) is 6.49. The molecule has 0 bridgehead atoms. The highest BCUT2D eigenvalue weighted by Gasteiger charge is 2.30. The summed E-state index contributed by atoms with van der Waals surface area (Å²) < 4.78 is 27.6. The van der Waals surface area contributed by atoms with E-state index in [1.807, 2.05) is 20.8 Å². The number of hydrogen-bond donors (Lipinski definition) is 2. The largest absolute Gasteiger partial charge is 0.368 e. The molecular formula is C15H24N2O3S. The molecule has 118 valence electrons. The van der Waals surface area contributed by atoms with E-state index >= 15 is 0 Å². The summed E-state index contributed by atoms with van der Waals surface area (Å²) in [6, 6.07) is 5.86. The molecule has 0 aliphatic heterocycles. The summed E-state index contributed by atoms with van der Waals surface area (Å²) >= 11 is 0. The average molecular weight is 312 g/mol. The van der Waals surface area contributed by atoms with E-state index in [9.17, 15) is 13.2 Å². The predicted octanol–water partition coefficient (Wildman–Crippen LogP) is 1.77. The van der Waals surface area contributed by atoms with Crippen molar-refractivity contribution >= 4 is 15.9 Å². The van der Waals surface area contributed by atoms with Crippen molar-refractivity contribution in [1.82, 2.24) is 4.72 Å². The number of carbonyl (C=O) groups is 1. The van der Waals surface area contributed by atoms with Crippen LogP contribution in [0.15, 0.2) is 29.2 Å². The normalized spacial score (nSPS) is 14.2. The zero-order chi connectivity index (χ0) is 16.4. The fourth-order valence-corrected chi connectivity index (χ4v) is 3.84. The molecule has 0 radical (unpaired) electrons. The van der Waals surface area contributed by atoms with Gasteiger partial charge in [0.15, 0.2) is 0 Å². The zero-order valence-electron chi connectivity index (χ0n) is 13.2. The van der Waals surface area contributed by atoms with Crippen LogP contribution in [-0.4, -0.2) is 20.4 Å². The fourth-order valence-electron chi connectivity index (χ4n) is 2.07. The Balaban J connectivity index is 3.30. The maximum Gasteiger partial charge on any atom is 0.241 e. The number of rotatable bonds is 5. The number of amides is 1. The van der Waals surface area contributed by atoms with Crippen molar-refractivity contribution in [3.63, 3.8) is 0 Å². The van der Waals surface area contributed by atoms with E-state index < -0.39 is 22.0 Å². The summed E-state index contributed by atoms with van der Waals surface area (Å²) in [5.74, 6) is -0.902. The van der Waals surface area contributed by atoms with E-state index in [0.717, 1.165) is 0 Å². The van der Waals surface area contributed by atoms with Gasteiger partial charge < -0.3 is 5.73 Å². The van der Waals surface area contributed by atoms with E-state index in [4.69, 9.17) is 5.73 Å². The minimum Gasteiger partial charge on any atom is -0.368 e. The van der Waals surface area contributed by atoms with Crippen LogP contribution in [0.1, 0.15) is 40.2 Å². The molecule has 0 aliphatic carbocycles. The molecule has 0 unspecified atom stereocenters. The van der Waals surface area contributed by atoms with Crippen LogP contribution in [0.5, 0.6) is 0 Å². The Morgan fingerprint density at radius 2 is 1.71 bits per heavy atom. The quantitative estimate of drug-likeness (QED) is 0.868. The highest BCUT2D eigenvalue weighted by atomic mass is 32.2. The summed E-state index contributed by atoms with van der Waals surface area (Å²) in [4.78, 5) is 11.6. The van der Waals surface area contributed by atoms with E-state index in [2.05, 4.69) is 4.72 Å². The third kappa shape index (κ3) is 4.28. The molecule has 5 nitrogen and oxygen atoms in total. The first kappa shape index (κ1) is 17.7. The first-order chi connectivity index (χ1) is 9.47. The van der Waals surface area contributed by atoms with Crippen LogP contribution in [0, 0.1) is 5.92 Å². The van der Waals surface area contributed by atoms with Crippen LogP contribution in [0.25, 0.3) is 0 Å². The lowest BCUT2D eigenvalue weighted by atomic mass is 9.87. The molecule has 0 aromatic heterocycles. The van der Waals surface area contributed by atoms with Crippen LogP contribution in [-0.2, 0) is 20.2 Å². The fraction of sp³-hybridized carbons (Fsp3) is 0.533. The summed E-state index contributed by atoms with van der Waals surface area (Å²) in [5, 5.41) is 0. The first-order valence-corrected chi connectivity index (χ1v) is 8.36. The lowest BCUT2D eigenvalue weighted by Gasteiger charge is -2.25. The maximum absolute atomic E-state index is 12.6. The monoisotopic (exact) mass is 312 g/mol. The second kappa shape index (κ2) is 6.15. The molecule has 3 N–H and O–H groups in total. The highest BCUT2D eigenvalue weighted by molar-refractivity contribution is 7.89.